The van der Waals surface area contributed by atoms with Gasteiger partial charge in [0.2, 0.25) is 0 Å². The van der Waals surface area contributed by atoms with Crippen molar-refractivity contribution in [2.24, 2.45) is 5.41 Å². The average Bonchev–Trinajstić information content (AvgIpc) is 2.79. The molecule has 0 radical (unpaired) electrons. The fourth-order valence-electron chi connectivity index (χ4n) is 5.46. The van der Waals surface area contributed by atoms with Crippen molar-refractivity contribution in [2.75, 3.05) is 36.4 Å². The maximum atomic E-state index is 13.6. The minimum absolute atomic E-state index is 0.127. The number of rotatable bonds is 7. The number of carbonyl (C=O) groups is 2. The SMILES string of the molecule is Cc1cc(N2CCN(C(=O)c3cnc(NCC4(C)CCC4)c(C(C)C)n3)C(C)(C)C2)nc(C)c1C(=O)O. The third kappa shape index (κ3) is 5.40. The van der Waals surface area contributed by atoms with Crippen molar-refractivity contribution in [3.05, 3.63) is 40.5 Å². The molecule has 9 nitrogen and oxygen atoms in total. The second-order valence-corrected chi connectivity index (χ2v) is 11.9. The third-order valence-corrected chi connectivity index (χ3v) is 7.88. The summed E-state index contributed by atoms with van der Waals surface area (Å²) in [4.78, 5) is 43.2. The van der Waals surface area contributed by atoms with Gasteiger partial charge in [-0.2, -0.15) is 0 Å². The smallest absolute Gasteiger partial charge is 0.337 e. The molecule has 0 aromatic carbocycles. The zero-order chi connectivity index (χ0) is 27.1. The van der Waals surface area contributed by atoms with Crippen LogP contribution in [0.1, 0.15) is 97.6 Å². The van der Waals surface area contributed by atoms with Gasteiger partial charge in [-0.25, -0.2) is 19.7 Å². The van der Waals surface area contributed by atoms with E-state index in [1.165, 1.54) is 19.3 Å². The van der Waals surface area contributed by atoms with Crippen LogP contribution in [0.15, 0.2) is 12.3 Å². The van der Waals surface area contributed by atoms with Gasteiger partial charge in [0.15, 0.2) is 0 Å². The van der Waals surface area contributed by atoms with Gasteiger partial charge in [-0.05, 0) is 63.5 Å². The first kappa shape index (κ1) is 26.8. The molecule has 2 N–H and O–H groups in total. The molecule has 2 aliphatic rings. The molecule has 2 aromatic rings. The topological polar surface area (TPSA) is 112 Å². The fraction of sp³-hybridized carbons (Fsp3) is 0.607. The fourth-order valence-corrected chi connectivity index (χ4v) is 5.46. The van der Waals surface area contributed by atoms with E-state index in [0.29, 0.717) is 42.0 Å². The van der Waals surface area contributed by atoms with Crippen molar-refractivity contribution in [3.8, 4) is 0 Å². The van der Waals surface area contributed by atoms with E-state index < -0.39 is 11.5 Å². The summed E-state index contributed by atoms with van der Waals surface area (Å²) in [6.45, 7) is 16.6. The quantitative estimate of drug-likeness (QED) is 0.556. The number of carboxylic acids is 1. The predicted molar refractivity (Wildman–Crippen MR) is 145 cm³/mol. The zero-order valence-corrected chi connectivity index (χ0v) is 23.2. The van der Waals surface area contributed by atoms with Gasteiger partial charge in [0.1, 0.15) is 17.3 Å². The van der Waals surface area contributed by atoms with E-state index in [4.69, 9.17) is 4.98 Å². The standard InChI is InChI=1S/C28H40N6O3/c1-17(2)23-24(30-15-28(7)9-8-10-28)29-14-20(32-23)25(35)34-12-11-33(16-27(34,5)6)21-13-18(3)22(26(36)37)19(4)31-21/h13-14,17H,8-12,15-16H2,1-7H3,(H,29,30)(H,36,37). The number of pyridine rings is 1. The van der Waals surface area contributed by atoms with Gasteiger partial charge in [0.05, 0.1) is 28.7 Å². The van der Waals surface area contributed by atoms with Crippen molar-refractivity contribution in [2.45, 2.75) is 79.2 Å². The molecule has 4 rings (SSSR count). The molecule has 37 heavy (non-hydrogen) atoms. The highest BCUT2D eigenvalue weighted by Crippen LogP contribution is 2.40. The van der Waals surface area contributed by atoms with Gasteiger partial charge in [-0.15, -0.1) is 0 Å². The highest BCUT2D eigenvalue weighted by molar-refractivity contribution is 5.93. The lowest BCUT2D eigenvalue weighted by molar-refractivity contribution is 0.0506. The van der Waals surface area contributed by atoms with Crippen molar-refractivity contribution in [1.29, 1.82) is 0 Å². The Balaban J connectivity index is 1.51. The molecular weight excluding hydrogens is 468 g/mol. The lowest BCUT2D eigenvalue weighted by Gasteiger charge is -2.47. The van der Waals surface area contributed by atoms with E-state index in [0.717, 1.165) is 23.9 Å². The van der Waals surface area contributed by atoms with Gasteiger partial charge < -0.3 is 20.2 Å². The van der Waals surface area contributed by atoms with Gasteiger partial charge in [0.25, 0.3) is 5.91 Å². The average molecular weight is 509 g/mol. The van der Waals surface area contributed by atoms with Crippen LogP contribution >= 0.6 is 0 Å². The molecule has 1 amide bonds. The lowest BCUT2D eigenvalue weighted by Crippen LogP contribution is -2.61. The third-order valence-electron chi connectivity index (χ3n) is 7.88. The van der Waals surface area contributed by atoms with Crippen molar-refractivity contribution in [3.63, 3.8) is 0 Å². The van der Waals surface area contributed by atoms with Crippen LogP contribution in [0.3, 0.4) is 0 Å². The van der Waals surface area contributed by atoms with Crippen LogP contribution in [0.5, 0.6) is 0 Å². The molecular formula is C28H40N6O3. The normalized spacial score (nSPS) is 18.5. The minimum Gasteiger partial charge on any atom is -0.478 e. The van der Waals surface area contributed by atoms with Crippen LogP contribution in [0.4, 0.5) is 11.6 Å². The molecule has 0 bridgehead atoms. The summed E-state index contributed by atoms with van der Waals surface area (Å²) in [7, 11) is 0. The highest BCUT2D eigenvalue weighted by atomic mass is 16.4. The first-order chi connectivity index (χ1) is 17.3. The summed E-state index contributed by atoms with van der Waals surface area (Å²) in [5.41, 5.74) is 2.43. The van der Waals surface area contributed by atoms with E-state index in [1.807, 2.05) is 24.8 Å². The van der Waals surface area contributed by atoms with Gasteiger partial charge in [0, 0.05) is 26.2 Å². The Morgan fingerprint density at radius 1 is 1.14 bits per heavy atom. The summed E-state index contributed by atoms with van der Waals surface area (Å²) >= 11 is 0. The number of aromatic carboxylic acids is 1. The maximum Gasteiger partial charge on any atom is 0.337 e. The molecule has 1 saturated heterocycles. The summed E-state index contributed by atoms with van der Waals surface area (Å²) in [6, 6.07) is 1.82. The Bertz CT molecular complexity index is 1180. The number of hydrogen-bond acceptors (Lipinski definition) is 7. The molecule has 1 aliphatic carbocycles. The molecule has 9 heteroatoms. The number of nitrogens with one attached hydrogen (secondary N) is 1. The summed E-state index contributed by atoms with van der Waals surface area (Å²) in [5, 5.41) is 13.0. The largest absolute Gasteiger partial charge is 0.478 e. The van der Waals surface area contributed by atoms with Crippen molar-refractivity contribution in [1.82, 2.24) is 19.9 Å². The number of carbonyl (C=O) groups excluding carboxylic acids is 1. The van der Waals surface area contributed by atoms with E-state index in [1.54, 1.807) is 20.0 Å². The van der Waals surface area contributed by atoms with Crippen LogP contribution in [0.25, 0.3) is 0 Å². The van der Waals surface area contributed by atoms with Gasteiger partial charge in [-0.3, -0.25) is 4.79 Å². The van der Waals surface area contributed by atoms with Crippen LogP contribution in [-0.2, 0) is 0 Å². The van der Waals surface area contributed by atoms with E-state index in [-0.39, 0.29) is 17.4 Å². The van der Waals surface area contributed by atoms with Crippen LogP contribution in [0, 0.1) is 19.3 Å². The summed E-state index contributed by atoms with van der Waals surface area (Å²) in [6.07, 6.45) is 5.32. The van der Waals surface area contributed by atoms with E-state index >= 15 is 0 Å². The number of piperazine rings is 1. The molecule has 0 spiro atoms. The Morgan fingerprint density at radius 3 is 2.38 bits per heavy atom. The number of anilines is 2. The predicted octanol–water partition coefficient (Wildman–Crippen LogP) is 4.65. The Kier molecular flexibility index (Phi) is 7.18. The Morgan fingerprint density at radius 2 is 1.84 bits per heavy atom. The monoisotopic (exact) mass is 508 g/mol. The van der Waals surface area contributed by atoms with Crippen molar-refractivity contribution >= 4 is 23.5 Å². The van der Waals surface area contributed by atoms with Crippen molar-refractivity contribution < 1.29 is 14.7 Å². The number of nitrogens with zero attached hydrogens (tertiary/aromatic N) is 5. The second-order valence-electron chi connectivity index (χ2n) is 11.9. The zero-order valence-electron chi connectivity index (χ0n) is 23.2. The molecule has 2 fully saturated rings. The lowest BCUT2D eigenvalue weighted by atomic mass is 9.70. The molecule has 0 atom stereocenters. The molecule has 0 unspecified atom stereocenters. The first-order valence-corrected chi connectivity index (χ1v) is 13.2. The highest BCUT2D eigenvalue weighted by Gasteiger charge is 2.39. The molecule has 3 heterocycles. The summed E-state index contributed by atoms with van der Waals surface area (Å²) in [5.74, 6) is 0.541. The number of hydrogen-bond donors (Lipinski definition) is 2. The number of aromatic nitrogens is 3. The second kappa shape index (κ2) is 9.91. The van der Waals surface area contributed by atoms with E-state index in [9.17, 15) is 14.7 Å². The van der Waals surface area contributed by atoms with Crippen LogP contribution in [-0.4, -0.2) is 68.6 Å². The molecule has 200 valence electrons. The number of amides is 1. The molecule has 2 aromatic heterocycles. The Labute approximate surface area is 219 Å². The Hall–Kier alpha value is -3.23. The van der Waals surface area contributed by atoms with Crippen LogP contribution in [0.2, 0.25) is 0 Å². The molecule has 1 aliphatic heterocycles. The maximum absolute atomic E-state index is 13.6. The summed E-state index contributed by atoms with van der Waals surface area (Å²) < 4.78 is 0. The minimum atomic E-state index is -0.967. The van der Waals surface area contributed by atoms with E-state index in [2.05, 4.69) is 41.0 Å². The number of aryl methyl sites for hydroxylation is 2. The van der Waals surface area contributed by atoms with Gasteiger partial charge in [-0.1, -0.05) is 27.2 Å². The number of carboxylic acid groups (broad SMARTS) is 1. The van der Waals surface area contributed by atoms with Gasteiger partial charge >= 0.3 is 5.97 Å². The molecule has 1 saturated carbocycles. The van der Waals surface area contributed by atoms with Crippen LogP contribution < -0.4 is 10.2 Å². The first-order valence-electron chi connectivity index (χ1n) is 13.2.